The van der Waals surface area contributed by atoms with Crippen molar-refractivity contribution < 1.29 is 18.3 Å². The van der Waals surface area contributed by atoms with E-state index in [2.05, 4.69) is 15.8 Å². The lowest BCUT2D eigenvalue weighted by atomic mass is 9.96. The van der Waals surface area contributed by atoms with Crippen molar-refractivity contribution in [3.05, 3.63) is 71.5 Å². The number of ether oxygens (including phenoxy) is 2. The zero-order valence-corrected chi connectivity index (χ0v) is 21.1. The molecule has 9 heteroatoms. The maximum Gasteiger partial charge on any atom is 0.227 e. The Morgan fingerprint density at radius 2 is 2.00 bits per heavy atom. The highest BCUT2D eigenvalue weighted by molar-refractivity contribution is 5.83. The molecule has 0 bridgehead atoms. The van der Waals surface area contributed by atoms with Crippen LogP contribution in [0.3, 0.4) is 0 Å². The summed E-state index contributed by atoms with van der Waals surface area (Å²) in [6.45, 7) is 4.77. The summed E-state index contributed by atoms with van der Waals surface area (Å²) in [4.78, 5) is 6.67. The first-order valence-corrected chi connectivity index (χ1v) is 12.2. The summed E-state index contributed by atoms with van der Waals surface area (Å²) in [6.07, 6.45) is 1.42. The molecule has 1 aliphatic rings. The lowest BCUT2D eigenvalue weighted by Gasteiger charge is -2.22. The Bertz CT molecular complexity index is 1420. The van der Waals surface area contributed by atoms with Gasteiger partial charge < -0.3 is 24.1 Å². The fourth-order valence-corrected chi connectivity index (χ4v) is 4.44. The average molecular weight is 504 g/mol. The van der Waals surface area contributed by atoms with E-state index >= 15 is 0 Å². The van der Waals surface area contributed by atoms with E-state index in [1.807, 2.05) is 55.3 Å². The zero-order valence-electron chi connectivity index (χ0n) is 21.1. The highest BCUT2D eigenvalue weighted by atomic mass is 19.1. The highest BCUT2D eigenvalue weighted by Crippen LogP contribution is 2.36. The van der Waals surface area contributed by atoms with Gasteiger partial charge in [0.15, 0.2) is 11.3 Å². The molecule has 0 saturated heterocycles. The highest BCUT2D eigenvalue weighted by Gasteiger charge is 2.23. The molecule has 192 valence electrons. The molecule has 5 rings (SSSR count). The van der Waals surface area contributed by atoms with Gasteiger partial charge in [-0.15, -0.1) is 0 Å². The quantitative estimate of drug-likeness (QED) is 0.298. The van der Waals surface area contributed by atoms with E-state index in [0.29, 0.717) is 37.0 Å². The van der Waals surface area contributed by atoms with Crippen molar-refractivity contribution in [3.8, 4) is 28.3 Å². The van der Waals surface area contributed by atoms with E-state index in [1.165, 1.54) is 6.07 Å². The number of oxazole rings is 1. The first-order valence-electron chi connectivity index (χ1n) is 12.2. The van der Waals surface area contributed by atoms with Gasteiger partial charge in [-0.3, -0.25) is 5.43 Å². The topological polar surface area (TPSA) is 84.1 Å². The molecule has 0 radical (unpaired) electrons. The van der Waals surface area contributed by atoms with E-state index in [0.717, 1.165) is 39.9 Å². The van der Waals surface area contributed by atoms with Crippen LogP contribution in [0.2, 0.25) is 0 Å². The van der Waals surface area contributed by atoms with Gasteiger partial charge in [-0.25, -0.2) is 9.37 Å². The third-order valence-corrected chi connectivity index (χ3v) is 6.26. The summed E-state index contributed by atoms with van der Waals surface area (Å²) in [6, 6.07) is 16.6. The Hall–Kier alpha value is -3.95. The maximum absolute atomic E-state index is 14.2. The lowest BCUT2D eigenvalue weighted by molar-refractivity contribution is 0.149. The van der Waals surface area contributed by atoms with Crippen molar-refractivity contribution in [3.63, 3.8) is 0 Å². The Balaban J connectivity index is 1.46. The molecule has 37 heavy (non-hydrogen) atoms. The Morgan fingerprint density at radius 3 is 2.78 bits per heavy atom. The predicted molar refractivity (Wildman–Crippen MR) is 142 cm³/mol. The fraction of sp³-hybridized carbons (Fsp3) is 0.286. The molecule has 2 N–H and O–H groups in total. The van der Waals surface area contributed by atoms with Crippen LogP contribution in [-0.4, -0.2) is 50.1 Å². The second kappa shape index (κ2) is 11.0. The normalized spacial score (nSPS) is 14.9. The molecule has 8 nitrogen and oxygen atoms in total. The molecule has 1 atom stereocenters. The monoisotopic (exact) mass is 503 g/mol. The second-order valence-corrected chi connectivity index (χ2v) is 8.79. The van der Waals surface area contributed by atoms with Crippen LogP contribution >= 0.6 is 0 Å². The minimum atomic E-state index is -0.300. The minimum Gasteiger partial charge on any atom is -0.493 e. The molecule has 0 fully saturated rings. The van der Waals surface area contributed by atoms with Crippen LogP contribution in [-0.2, 0) is 11.3 Å². The van der Waals surface area contributed by atoms with Crippen LogP contribution in [0.5, 0.6) is 5.75 Å². The third-order valence-electron chi connectivity index (χ3n) is 6.26. The number of methoxy groups -OCH3 is 1. The van der Waals surface area contributed by atoms with E-state index in [-0.39, 0.29) is 12.0 Å². The Labute approximate surface area is 215 Å². The summed E-state index contributed by atoms with van der Waals surface area (Å²) >= 11 is 0. The van der Waals surface area contributed by atoms with Crippen LogP contribution in [0, 0.1) is 5.82 Å². The number of nitrogens with zero attached hydrogens (tertiary/aromatic N) is 3. The molecule has 4 aromatic rings. The second-order valence-electron chi connectivity index (χ2n) is 8.79. The Morgan fingerprint density at radius 1 is 1.14 bits per heavy atom. The molecule has 0 spiro atoms. The summed E-state index contributed by atoms with van der Waals surface area (Å²) in [5.41, 5.74) is 8.81. The number of fused-ring (bicyclic) bond motifs is 1. The van der Waals surface area contributed by atoms with Crippen LogP contribution < -0.4 is 15.5 Å². The number of halogens is 1. The van der Waals surface area contributed by atoms with Gasteiger partial charge in [0.2, 0.25) is 5.89 Å². The van der Waals surface area contributed by atoms with Crippen molar-refractivity contribution in [1.82, 2.24) is 20.6 Å². The van der Waals surface area contributed by atoms with Gasteiger partial charge in [0.05, 0.1) is 13.7 Å². The van der Waals surface area contributed by atoms with Crippen molar-refractivity contribution in [2.45, 2.75) is 19.6 Å². The summed E-state index contributed by atoms with van der Waals surface area (Å²) in [5.74, 6) is 0.816. The number of benzene rings is 3. The van der Waals surface area contributed by atoms with E-state index in [1.54, 1.807) is 25.6 Å². The molecule has 1 aliphatic heterocycles. The zero-order chi connectivity index (χ0) is 25.8. The first-order chi connectivity index (χ1) is 18.1. The SMILES string of the molecule is CCOCCNCc1cc(OC)c2oc(-c3cccc(-c4ccc(F)cc4C4NN=CN4C)c3)nc2c1. The fourth-order valence-electron chi connectivity index (χ4n) is 4.44. The van der Waals surface area contributed by atoms with Crippen LogP contribution in [0.4, 0.5) is 4.39 Å². The smallest absolute Gasteiger partial charge is 0.227 e. The molecule has 0 amide bonds. The first kappa shape index (κ1) is 24.7. The molecule has 3 aromatic carbocycles. The number of nitrogens with one attached hydrogen (secondary N) is 2. The van der Waals surface area contributed by atoms with E-state index in [4.69, 9.17) is 18.9 Å². The van der Waals surface area contributed by atoms with Gasteiger partial charge in [-0.1, -0.05) is 18.2 Å². The summed E-state index contributed by atoms with van der Waals surface area (Å²) < 4.78 is 31.4. The van der Waals surface area contributed by atoms with Crippen LogP contribution in [0.1, 0.15) is 24.2 Å². The van der Waals surface area contributed by atoms with Crippen LogP contribution in [0.25, 0.3) is 33.7 Å². The number of hydrogen-bond acceptors (Lipinski definition) is 8. The molecule has 2 heterocycles. The molecule has 1 aromatic heterocycles. The van der Waals surface area contributed by atoms with Crippen molar-refractivity contribution in [2.24, 2.45) is 5.10 Å². The van der Waals surface area contributed by atoms with Gasteiger partial charge in [0.1, 0.15) is 23.8 Å². The molecule has 1 unspecified atom stereocenters. The number of rotatable bonds is 10. The molecular weight excluding hydrogens is 473 g/mol. The van der Waals surface area contributed by atoms with Gasteiger partial charge >= 0.3 is 0 Å². The van der Waals surface area contributed by atoms with Gasteiger partial charge in [0.25, 0.3) is 0 Å². The molecule has 0 saturated carbocycles. The van der Waals surface area contributed by atoms with Gasteiger partial charge in [-0.2, -0.15) is 5.10 Å². The van der Waals surface area contributed by atoms with Crippen LogP contribution in [0.15, 0.2) is 64.1 Å². The van der Waals surface area contributed by atoms with Crippen molar-refractivity contribution in [2.75, 3.05) is 33.9 Å². The lowest BCUT2D eigenvalue weighted by Crippen LogP contribution is -2.25. The third kappa shape index (κ3) is 5.28. The van der Waals surface area contributed by atoms with E-state index in [9.17, 15) is 4.39 Å². The Kier molecular flexibility index (Phi) is 7.34. The minimum absolute atomic E-state index is 0.261. The molecular formula is C28H30FN5O3. The average Bonchev–Trinajstić information content (AvgIpc) is 3.54. The van der Waals surface area contributed by atoms with Gasteiger partial charge in [0, 0.05) is 37.9 Å². The summed E-state index contributed by atoms with van der Waals surface area (Å²) in [5, 5.41) is 7.48. The van der Waals surface area contributed by atoms with Crippen molar-refractivity contribution in [1.29, 1.82) is 0 Å². The summed E-state index contributed by atoms with van der Waals surface area (Å²) in [7, 11) is 3.52. The number of hydrazone groups is 1. The van der Waals surface area contributed by atoms with Crippen molar-refractivity contribution >= 4 is 17.4 Å². The number of hydrogen-bond donors (Lipinski definition) is 2. The largest absolute Gasteiger partial charge is 0.493 e. The number of aromatic nitrogens is 1. The standard InChI is InChI=1S/C28H30FN5O3/c1-4-36-11-10-30-16-18-12-24-26(25(13-18)35-3)37-28(32-24)20-7-5-6-19(14-20)22-9-8-21(29)15-23(22)27-33-31-17-34(27)2/h5-9,12-15,17,27,30,33H,4,10-11,16H2,1-3H3. The molecule has 0 aliphatic carbocycles. The maximum atomic E-state index is 14.2. The van der Waals surface area contributed by atoms with Gasteiger partial charge in [-0.05, 0) is 60.0 Å². The van der Waals surface area contributed by atoms with E-state index < -0.39 is 0 Å². The predicted octanol–water partition coefficient (Wildman–Crippen LogP) is 4.91.